The maximum absolute atomic E-state index is 8.73. The number of aliphatic hydroxyl groups is 1. The van der Waals surface area contributed by atoms with E-state index >= 15 is 0 Å². The molecular formula is C13H22N4O2. The van der Waals surface area contributed by atoms with E-state index in [1.807, 2.05) is 13.2 Å². The number of hydrogen-bond donors (Lipinski definition) is 2. The molecule has 0 radical (unpaired) electrons. The second kappa shape index (κ2) is 7.37. The Kier molecular flexibility index (Phi) is 5.50. The van der Waals surface area contributed by atoms with Crippen molar-refractivity contribution in [3.05, 3.63) is 18.1 Å². The summed E-state index contributed by atoms with van der Waals surface area (Å²) >= 11 is 0. The molecule has 0 unspecified atom stereocenters. The van der Waals surface area contributed by atoms with Gasteiger partial charge in [-0.05, 0) is 12.8 Å². The summed E-state index contributed by atoms with van der Waals surface area (Å²) < 4.78 is 5.55. The maximum atomic E-state index is 8.73. The molecule has 1 fully saturated rings. The smallest absolute Gasteiger partial charge is 0.144 e. The van der Waals surface area contributed by atoms with Gasteiger partial charge in [0.1, 0.15) is 5.82 Å². The van der Waals surface area contributed by atoms with Gasteiger partial charge in [0, 0.05) is 26.7 Å². The molecule has 0 spiro atoms. The van der Waals surface area contributed by atoms with E-state index in [0.717, 1.165) is 44.0 Å². The van der Waals surface area contributed by atoms with E-state index in [0.29, 0.717) is 12.7 Å². The van der Waals surface area contributed by atoms with Crippen molar-refractivity contribution in [2.45, 2.75) is 25.5 Å². The van der Waals surface area contributed by atoms with Crippen LogP contribution in [-0.2, 0) is 11.3 Å². The van der Waals surface area contributed by atoms with Crippen LogP contribution in [0.15, 0.2) is 12.4 Å². The zero-order valence-corrected chi connectivity index (χ0v) is 11.4. The molecule has 0 amide bonds. The number of rotatable bonds is 6. The second-order valence-corrected chi connectivity index (χ2v) is 4.71. The van der Waals surface area contributed by atoms with E-state index in [4.69, 9.17) is 9.84 Å². The molecule has 2 heterocycles. The van der Waals surface area contributed by atoms with Gasteiger partial charge in [0.05, 0.1) is 37.4 Å². The molecule has 0 aliphatic carbocycles. The summed E-state index contributed by atoms with van der Waals surface area (Å²) in [6, 6.07) is 0. The zero-order valence-electron chi connectivity index (χ0n) is 11.4. The van der Waals surface area contributed by atoms with E-state index in [-0.39, 0.29) is 6.61 Å². The van der Waals surface area contributed by atoms with Gasteiger partial charge < -0.3 is 15.2 Å². The lowest BCUT2D eigenvalue weighted by atomic mass is 10.1. The Balaban J connectivity index is 1.75. The van der Waals surface area contributed by atoms with Crippen LogP contribution in [0.2, 0.25) is 0 Å². The molecule has 106 valence electrons. The van der Waals surface area contributed by atoms with Gasteiger partial charge in [0.2, 0.25) is 0 Å². The topological polar surface area (TPSA) is 70.5 Å². The van der Waals surface area contributed by atoms with Crippen LogP contribution in [0.3, 0.4) is 0 Å². The average Bonchev–Trinajstić information content (AvgIpc) is 2.47. The number of piperidine rings is 1. The minimum absolute atomic E-state index is 0.105. The van der Waals surface area contributed by atoms with Crippen LogP contribution < -0.4 is 5.32 Å². The summed E-state index contributed by atoms with van der Waals surface area (Å²) in [4.78, 5) is 11.0. The summed E-state index contributed by atoms with van der Waals surface area (Å²) in [7, 11) is 1.83. The van der Waals surface area contributed by atoms with Crippen molar-refractivity contribution in [3.8, 4) is 0 Å². The number of anilines is 1. The van der Waals surface area contributed by atoms with Crippen molar-refractivity contribution >= 4 is 5.82 Å². The van der Waals surface area contributed by atoms with Gasteiger partial charge in [-0.2, -0.15) is 0 Å². The fourth-order valence-electron chi connectivity index (χ4n) is 2.25. The van der Waals surface area contributed by atoms with Crippen molar-refractivity contribution in [1.82, 2.24) is 14.9 Å². The summed E-state index contributed by atoms with van der Waals surface area (Å²) in [5.74, 6) is 0.792. The maximum Gasteiger partial charge on any atom is 0.144 e. The molecule has 1 aromatic rings. The summed E-state index contributed by atoms with van der Waals surface area (Å²) in [5.41, 5.74) is 0.994. The molecular weight excluding hydrogens is 244 g/mol. The molecule has 0 bridgehead atoms. The highest BCUT2D eigenvalue weighted by molar-refractivity contribution is 5.29. The van der Waals surface area contributed by atoms with Gasteiger partial charge in [0.25, 0.3) is 0 Å². The SMILES string of the molecule is CNc1cnc(CN2CCC(OCCO)CC2)cn1. The summed E-state index contributed by atoms with van der Waals surface area (Å²) in [6.45, 7) is 3.40. The molecule has 0 saturated carbocycles. The lowest BCUT2D eigenvalue weighted by Crippen LogP contribution is -2.37. The van der Waals surface area contributed by atoms with E-state index in [9.17, 15) is 0 Å². The molecule has 1 aliphatic heterocycles. The second-order valence-electron chi connectivity index (χ2n) is 4.71. The van der Waals surface area contributed by atoms with Crippen molar-refractivity contribution in [2.75, 3.05) is 38.7 Å². The van der Waals surface area contributed by atoms with Crippen molar-refractivity contribution in [1.29, 1.82) is 0 Å². The number of aromatic nitrogens is 2. The predicted molar refractivity (Wildman–Crippen MR) is 72.9 cm³/mol. The highest BCUT2D eigenvalue weighted by Crippen LogP contribution is 2.15. The minimum Gasteiger partial charge on any atom is -0.394 e. The van der Waals surface area contributed by atoms with E-state index < -0.39 is 0 Å². The molecule has 1 aliphatic rings. The normalized spacial score (nSPS) is 17.6. The molecule has 0 aromatic carbocycles. The van der Waals surface area contributed by atoms with Crippen molar-refractivity contribution < 1.29 is 9.84 Å². The lowest BCUT2D eigenvalue weighted by molar-refractivity contribution is -0.00920. The third-order valence-corrected chi connectivity index (χ3v) is 3.33. The van der Waals surface area contributed by atoms with Gasteiger partial charge >= 0.3 is 0 Å². The van der Waals surface area contributed by atoms with E-state index in [1.54, 1.807) is 6.20 Å². The first-order valence-electron chi connectivity index (χ1n) is 6.75. The third kappa shape index (κ3) is 4.41. The first kappa shape index (κ1) is 14.2. The number of hydrogen-bond acceptors (Lipinski definition) is 6. The van der Waals surface area contributed by atoms with Crippen LogP contribution in [0.5, 0.6) is 0 Å². The average molecular weight is 266 g/mol. The Labute approximate surface area is 113 Å². The molecule has 2 N–H and O–H groups in total. The Morgan fingerprint density at radius 1 is 1.37 bits per heavy atom. The quantitative estimate of drug-likeness (QED) is 0.781. The zero-order chi connectivity index (χ0) is 13.5. The van der Waals surface area contributed by atoms with Crippen LogP contribution in [0.1, 0.15) is 18.5 Å². The number of nitrogens with one attached hydrogen (secondary N) is 1. The molecule has 6 heteroatoms. The van der Waals surface area contributed by atoms with Crippen LogP contribution in [0, 0.1) is 0 Å². The molecule has 1 aromatic heterocycles. The summed E-state index contributed by atoms with van der Waals surface area (Å²) in [5, 5.41) is 11.7. The first-order valence-corrected chi connectivity index (χ1v) is 6.75. The van der Waals surface area contributed by atoms with Gasteiger partial charge in [-0.25, -0.2) is 4.98 Å². The number of nitrogens with zero attached hydrogens (tertiary/aromatic N) is 3. The lowest BCUT2D eigenvalue weighted by Gasteiger charge is -2.31. The van der Waals surface area contributed by atoms with Gasteiger partial charge in [0.15, 0.2) is 0 Å². The molecule has 6 nitrogen and oxygen atoms in total. The van der Waals surface area contributed by atoms with Gasteiger partial charge in [-0.1, -0.05) is 0 Å². The molecule has 1 saturated heterocycles. The Bertz CT molecular complexity index is 363. The fraction of sp³-hybridized carbons (Fsp3) is 0.692. The molecule has 2 rings (SSSR count). The minimum atomic E-state index is 0.105. The van der Waals surface area contributed by atoms with Crippen LogP contribution >= 0.6 is 0 Å². The van der Waals surface area contributed by atoms with Crippen LogP contribution in [0.25, 0.3) is 0 Å². The Morgan fingerprint density at radius 3 is 2.74 bits per heavy atom. The molecule has 0 atom stereocenters. The van der Waals surface area contributed by atoms with E-state index in [1.165, 1.54) is 0 Å². The summed E-state index contributed by atoms with van der Waals surface area (Å²) in [6.07, 6.45) is 5.90. The van der Waals surface area contributed by atoms with Crippen LogP contribution in [-0.4, -0.2) is 59.4 Å². The third-order valence-electron chi connectivity index (χ3n) is 3.33. The van der Waals surface area contributed by atoms with E-state index in [2.05, 4.69) is 20.2 Å². The Hall–Kier alpha value is -1.24. The van der Waals surface area contributed by atoms with Crippen LogP contribution in [0.4, 0.5) is 5.82 Å². The van der Waals surface area contributed by atoms with Gasteiger partial charge in [-0.3, -0.25) is 9.88 Å². The van der Waals surface area contributed by atoms with Crippen molar-refractivity contribution in [2.24, 2.45) is 0 Å². The first-order chi connectivity index (χ1) is 9.31. The standard InChI is InChI=1S/C13H22N4O2/c1-14-13-9-15-11(8-16-13)10-17-4-2-12(3-5-17)19-7-6-18/h8-9,12,18H,2-7,10H2,1H3,(H,14,16). The molecule has 19 heavy (non-hydrogen) atoms. The highest BCUT2D eigenvalue weighted by Gasteiger charge is 2.19. The fourth-order valence-corrected chi connectivity index (χ4v) is 2.25. The predicted octanol–water partition coefficient (Wildman–Crippen LogP) is 0.492. The Morgan fingerprint density at radius 2 is 2.16 bits per heavy atom. The van der Waals surface area contributed by atoms with Crippen molar-refractivity contribution in [3.63, 3.8) is 0 Å². The van der Waals surface area contributed by atoms with Gasteiger partial charge in [-0.15, -0.1) is 0 Å². The highest BCUT2D eigenvalue weighted by atomic mass is 16.5. The number of likely N-dealkylation sites (tertiary alicyclic amines) is 1. The number of ether oxygens (including phenoxy) is 1. The monoisotopic (exact) mass is 266 g/mol. The largest absolute Gasteiger partial charge is 0.394 e. The number of aliphatic hydroxyl groups excluding tert-OH is 1.